The molecule has 70 valence electrons. The second kappa shape index (κ2) is 7.22. The standard InChI is InChI=1S/C11H16N2/c1-5-13-9-11(3)10(2)7-6-8-12-4/h6-9H,2-3,5H2,1,4H3/b7-6-,12-8?,13-9?. The summed E-state index contributed by atoms with van der Waals surface area (Å²) < 4.78 is 0. The molecule has 0 bridgehead atoms. The molecule has 0 aromatic rings. The summed E-state index contributed by atoms with van der Waals surface area (Å²) in [7, 11) is 1.72. The average Bonchev–Trinajstić information content (AvgIpc) is 2.14. The van der Waals surface area contributed by atoms with E-state index in [1.54, 1.807) is 19.5 Å². The minimum Gasteiger partial charge on any atom is -0.297 e. The van der Waals surface area contributed by atoms with Crippen LogP contribution in [0.3, 0.4) is 0 Å². The minimum absolute atomic E-state index is 0.770. The van der Waals surface area contributed by atoms with Gasteiger partial charge in [-0.2, -0.15) is 0 Å². The van der Waals surface area contributed by atoms with E-state index in [0.717, 1.165) is 17.7 Å². The topological polar surface area (TPSA) is 24.7 Å². The van der Waals surface area contributed by atoms with Crippen LogP contribution in [-0.2, 0) is 0 Å². The largest absolute Gasteiger partial charge is 0.297 e. The van der Waals surface area contributed by atoms with Gasteiger partial charge in [-0.25, -0.2) is 0 Å². The Hall–Kier alpha value is -1.44. The Morgan fingerprint density at radius 1 is 1.31 bits per heavy atom. The van der Waals surface area contributed by atoms with Crippen molar-refractivity contribution in [2.24, 2.45) is 9.98 Å². The molecule has 2 heteroatoms. The molecule has 0 atom stereocenters. The number of allylic oxidation sites excluding steroid dienone is 4. The van der Waals surface area contributed by atoms with Gasteiger partial charge in [0.15, 0.2) is 0 Å². The Morgan fingerprint density at radius 3 is 2.54 bits per heavy atom. The lowest BCUT2D eigenvalue weighted by molar-refractivity contribution is 1.14. The molecular formula is C11H16N2. The van der Waals surface area contributed by atoms with Crippen LogP contribution in [0.2, 0.25) is 0 Å². The molecule has 0 aromatic heterocycles. The molecule has 0 aliphatic heterocycles. The Morgan fingerprint density at radius 2 is 2.00 bits per heavy atom. The van der Waals surface area contributed by atoms with Crippen molar-refractivity contribution in [2.75, 3.05) is 13.6 Å². The highest BCUT2D eigenvalue weighted by Crippen LogP contribution is 2.03. The molecule has 0 N–H and O–H groups in total. The lowest BCUT2D eigenvalue weighted by atomic mass is 10.1. The number of nitrogens with zero attached hydrogens (tertiary/aromatic N) is 2. The van der Waals surface area contributed by atoms with Crippen LogP contribution < -0.4 is 0 Å². The van der Waals surface area contributed by atoms with Gasteiger partial charge in [0, 0.05) is 26.0 Å². The molecule has 0 radical (unpaired) electrons. The Labute approximate surface area is 80.1 Å². The molecule has 0 rings (SSSR count). The van der Waals surface area contributed by atoms with Crippen LogP contribution in [0, 0.1) is 0 Å². The molecule has 0 unspecified atom stereocenters. The van der Waals surface area contributed by atoms with Crippen molar-refractivity contribution >= 4 is 12.4 Å². The van der Waals surface area contributed by atoms with Crippen LogP contribution in [-0.4, -0.2) is 26.0 Å². The number of hydrogen-bond donors (Lipinski definition) is 0. The second-order valence-electron chi connectivity index (χ2n) is 2.44. The van der Waals surface area contributed by atoms with Crippen molar-refractivity contribution in [1.29, 1.82) is 0 Å². The lowest BCUT2D eigenvalue weighted by Gasteiger charge is -1.95. The van der Waals surface area contributed by atoms with E-state index in [9.17, 15) is 0 Å². The van der Waals surface area contributed by atoms with Crippen LogP contribution in [0.4, 0.5) is 0 Å². The second-order valence-corrected chi connectivity index (χ2v) is 2.44. The van der Waals surface area contributed by atoms with Crippen molar-refractivity contribution in [3.63, 3.8) is 0 Å². The molecule has 0 saturated heterocycles. The van der Waals surface area contributed by atoms with E-state index in [4.69, 9.17) is 0 Å². The smallest absolute Gasteiger partial charge is 0.0361 e. The fourth-order valence-electron chi connectivity index (χ4n) is 0.637. The van der Waals surface area contributed by atoms with Gasteiger partial charge in [0.05, 0.1) is 0 Å². The third kappa shape index (κ3) is 5.79. The van der Waals surface area contributed by atoms with E-state index in [1.165, 1.54) is 0 Å². The monoisotopic (exact) mass is 176 g/mol. The van der Waals surface area contributed by atoms with Crippen molar-refractivity contribution in [1.82, 2.24) is 0 Å². The zero-order valence-corrected chi connectivity index (χ0v) is 8.33. The predicted molar refractivity (Wildman–Crippen MR) is 60.9 cm³/mol. The summed E-state index contributed by atoms with van der Waals surface area (Å²) in [5, 5.41) is 0. The lowest BCUT2D eigenvalue weighted by Crippen LogP contribution is -1.85. The molecule has 0 aromatic carbocycles. The highest BCUT2D eigenvalue weighted by Gasteiger charge is 1.89. The zero-order valence-electron chi connectivity index (χ0n) is 8.33. The van der Waals surface area contributed by atoms with Crippen LogP contribution in [0.15, 0.2) is 46.4 Å². The first-order valence-electron chi connectivity index (χ1n) is 4.19. The highest BCUT2D eigenvalue weighted by molar-refractivity contribution is 5.85. The SMILES string of the molecule is C=C(C=NCC)C(=C)/C=C\C=NC. The van der Waals surface area contributed by atoms with Gasteiger partial charge in [0.2, 0.25) is 0 Å². The fraction of sp³-hybridized carbons (Fsp3) is 0.273. The molecule has 0 spiro atoms. The Balaban J connectivity index is 4.12. The van der Waals surface area contributed by atoms with E-state index in [2.05, 4.69) is 23.1 Å². The number of aliphatic imine (C=N–C) groups is 2. The van der Waals surface area contributed by atoms with Crippen molar-refractivity contribution in [3.05, 3.63) is 36.5 Å². The van der Waals surface area contributed by atoms with Gasteiger partial charge >= 0.3 is 0 Å². The summed E-state index contributed by atoms with van der Waals surface area (Å²) >= 11 is 0. The van der Waals surface area contributed by atoms with E-state index in [0.29, 0.717) is 0 Å². The third-order valence-electron chi connectivity index (χ3n) is 1.37. The van der Waals surface area contributed by atoms with E-state index < -0.39 is 0 Å². The van der Waals surface area contributed by atoms with Crippen LogP contribution in [0.5, 0.6) is 0 Å². The average molecular weight is 176 g/mol. The number of hydrogen-bond acceptors (Lipinski definition) is 2. The van der Waals surface area contributed by atoms with Crippen molar-refractivity contribution < 1.29 is 0 Å². The summed E-state index contributed by atoms with van der Waals surface area (Å²) in [4.78, 5) is 7.88. The summed E-state index contributed by atoms with van der Waals surface area (Å²) in [5.74, 6) is 0. The maximum Gasteiger partial charge on any atom is 0.0361 e. The molecule has 0 aliphatic carbocycles. The third-order valence-corrected chi connectivity index (χ3v) is 1.37. The van der Waals surface area contributed by atoms with Crippen LogP contribution in [0.25, 0.3) is 0 Å². The van der Waals surface area contributed by atoms with Gasteiger partial charge in [0.25, 0.3) is 0 Å². The van der Waals surface area contributed by atoms with E-state index in [-0.39, 0.29) is 0 Å². The van der Waals surface area contributed by atoms with Gasteiger partial charge in [-0.1, -0.05) is 19.2 Å². The first-order valence-corrected chi connectivity index (χ1v) is 4.19. The Bertz CT molecular complexity index is 257. The molecule has 0 fully saturated rings. The van der Waals surface area contributed by atoms with Gasteiger partial charge < -0.3 is 0 Å². The zero-order chi connectivity index (χ0) is 10.1. The van der Waals surface area contributed by atoms with Crippen molar-refractivity contribution in [2.45, 2.75) is 6.92 Å². The highest BCUT2D eigenvalue weighted by atomic mass is 14.7. The molecule has 13 heavy (non-hydrogen) atoms. The molecule has 0 aliphatic rings. The maximum atomic E-state index is 4.07. The molecule has 0 saturated carbocycles. The fourth-order valence-corrected chi connectivity index (χ4v) is 0.637. The summed E-state index contributed by atoms with van der Waals surface area (Å²) in [6.45, 7) is 10.4. The Kier molecular flexibility index (Phi) is 6.42. The first-order chi connectivity index (χ1) is 6.22. The van der Waals surface area contributed by atoms with E-state index >= 15 is 0 Å². The number of rotatable bonds is 5. The van der Waals surface area contributed by atoms with Gasteiger partial charge in [-0.05, 0) is 24.1 Å². The maximum absolute atomic E-state index is 4.07. The van der Waals surface area contributed by atoms with Crippen LogP contribution in [0.1, 0.15) is 6.92 Å². The van der Waals surface area contributed by atoms with Gasteiger partial charge in [-0.15, -0.1) is 0 Å². The van der Waals surface area contributed by atoms with Crippen molar-refractivity contribution in [3.8, 4) is 0 Å². The quantitative estimate of drug-likeness (QED) is 0.454. The van der Waals surface area contributed by atoms with Crippen LogP contribution >= 0.6 is 0 Å². The molecule has 0 heterocycles. The summed E-state index contributed by atoms with van der Waals surface area (Å²) in [6, 6.07) is 0. The predicted octanol–water partition coefficient (Wildman–Crippen LogP) is 2.45. The molecule has 2 nitrogen and oxygen atoms in total. The van der Waals surface area contributed by atoms with Gasteiger partial charge in [0.1, 0.15) is 0 Å². The molecule has 0 amide bonds. The minimum atomic E-state index is 0.770. The summed E-state index contributed by atoms with van der Waals surface area (Å²) in [5.41, 5.74) is 1.69. The normalized spacial score (nSPS) is 11.8. The first kappa shape index (κ1) is 11.6. The summed E-state index contributed by atoms with van der Waals surface area (Å²) in [6.07, 6.45) is 7.12. The van der Waals surface area contributed by atoms with E-state index in [1.807, 2.05) is 19.1 Å². The van der Waals surface area contributed by atoms with Gasteiger partial charge in [-0.3, -0.25) is 9.98 Å². The molecular weight excluding hydrogens is 160 g/mol.